The first-order chi connectivity index (χ1) is 8.61. The molecule has 1 heterocycles. The Bertz CT molecular complexity index is 416. The minimum Gasteiger partial charge on any atom is -0.374 e. The molecule has 2 rings (SSSR count). The zero-order chi connectivity index (χ0) is 13.1. The smallest absolute Gasteiger partial charge is 0.128 e. The number of benzene rings is 1. The van der Waals surface area contributed by atoms with Crippen molar-refractivity contribution in [2.45, 2.75) is 12.1 Å². The van der Waals surface area contributed by atoms with Crippen molar-refractivity contribution >= 4 is 15.9 Å². The maximum atomic E-state index is 13.9. The van der Waals surface area contributed by atoms with Gasteiger partial charge in [0.2, 0.25) is 0 Å². The van der Waals surface area contributed by atoms with Crippen LogP contribution in [-0.4, -0.2) is 44.8 Å². The van der Waals surface area contributed by atoms with E-state index in [2.05, 4.69) is 33.2 Å². The number of likely N-dealkylation sites (N-methyl/N-ethyl adjacent to an activating group) is 2. The van der Waals surface area contributed by atoms with E-state index in [1.807, 2.05) is 13.1 Å². The van der Waals surface area contributed by atoms with Crippen LogP contribution < -0.4 is 5.32 Å². The minimum absolute atomic E-state index is 0.0300. The molecule has 1 aromatic rings. The number of nitrogens with one attached hydrogen (secondary N) is 1. The Morgan fingerprint density at radius 2 is 2.33 bits per heavy atom. The molecule has 2 atom stereocenters. The van der Waals surface area contributed by atoms with Gasteiger partial charge in [-0.05, 0) is 32.3 Å². The van der Waals surface area contributed by atoms with E-state index in [0.29, 0.717) is 12.2 Å². The van der Waals surface area contributed by atoms with E-state index in [9.17, 15) is 4.39 Å². The van der Waals surface area contributed by atoms with E-state index in [1.54, 1.807) is 6.07 Å². The third-order valence-electron chi connectivity index (χ3n) is 3.27. The Morgan fingerprint density at radius 1 is 1.56 bits per heavy atom. The minimum atomic E-state index is -0.200. The lowest BCUT2D eigenvalue weighted by atomic mass is 9.99. The van der Waals surface area contributed by atoms with E-state index in [1.165, 1.54) is 6.07 Å². The summed E-state index contributed by atoms with van der Waals surface area (Å²) in [6, 6.07) is 4.87. The number of ether oxygens (including phenoxy) is 1. The van der Waals surface area contributed by atoms with Gasteiger partial charge in [-0.1, -0.05) is 15.9 Å². The maximum Gasteiger partial charge on any atom is 0.128 e. The molecule has 0 radical (unpaired) electrons. The summed E-state index contributed by atoms with van der Waals surface area (Å²) in [5.41, 5.74) is 0.646. The quantitative estimate of drug-likeness (QED) is 0.925. The van der Waals surface area contributed by atoms with E-state index in [-0.39, 0.29) is 18.0 Å². The van der Waals surface area contributed by atoms with Gasteiger partial charge in [-0.25, -0.2) is 4.39 Å². The number of nitrogens with zero attached hydrogens (tertiary/aromatic N) is 1. The Labute approximate surface area is 115 Å². The second-order valence-corrected chi connectivity index (χ2v) is 5.52. The van der Waals surface area contributed by atoms with Gasteiger partial charge in [-0.15, -0.1) is 0 Å². The highest BCUT2D eigenvalue weighted by Crippen LogP contribution is 2.26. The molecule has 0 aliphatic carbocycles. The van der Waals surface area contributed by atoms with Crippen molar-refractivity contribution in [3.63, 3.8) is 0 Å². The molecule has 0 amide bonds. The standard InChI is InChI=1S/C13H18BrFN2O/c1-16-13(12-8-17(2)5-6-18-12)10-7-9(14)3-4-11(10)15/h3-4,7,12-13,16H,5-6,8H2,1-2H3. The van der Waals surface area contributed by atoms with Crippen molar-refractivity contribution in [2.75, 3.05) is 33.8 Å². The molecule has 0 spiro atoms. The van der Waals surface area contributed by atoms with Crippen LogP contribution in [0.15, 0.2) is 22.7 Å². The third-order valence-corrected chi connectivity index (χ3v) is 3.77. The summed E-state index contributed by atoms with van der Waals surface area (Å²) in [6.07, 6.45) is -0.0300. The number of morpholine rings is 1. The van der Waals surface area contributed by atoms with E-state index >= 15 is 0 Å². The summed E-state index contributed by atoms with van der Waals surface area (Å²) in [5, 5.41) is 3.16. The molecule has 3 nitrogen and oxygen atoms in total. The van der Waals surface area contributed by atoms with Crippen LogP contribution >= 0.6 is 15.9 Å². The van der Waals surface area contributed by atoms with Gasteiger partial charge in [0.15, 0.2) is 0 Å². The first-order valence-electron chi connectivity index (χ1n) is 6.04. The molecular weight excluding hydrogens is 299 g/mol. The number of hydrogen-bond donors (Lipinski definition) is 1. The van der Waals surface area contributed by atoms with Crippen LogP contribution in [0.4, 0.5) is 4.39 Å². The predicted octanol–water partition coefficient (Wildman–Crippen LogP) is 2.18. The van der Waals surface area contributed by atoms with Crippen molar-refractivity contribution < 1.29 is 9.13 Å². The number of rotatable bonds is 3. The maximum absolute atomic E-state index is 13.9. The third kappa shape index (κ3) is 3.09. The van der Waals surface area contributed by atoms with Gasteiger partial charge >= 0.3 is 0 Å². The lowest BCUT2D eigenvalue weighted by molar-refractivity contribution is -0.0385. The van der Waals surface area contributed by atoms with Crippen molar-refractivity contribution in [3.05, 3.63) is 34.1 Å². The van der Waals surface area contributed by atoms with Crippen molar-refractivity contribution in [1.82, 2.24) is 10.2 Å². The van der Waals surface area contributed by atoms with Gasteiger partial charge < -0.3 is 15.0 Å². The summed E-state index contributed by atoms with van der Waals surface area (Å²) in [6.45, 7) is 2.42. The summed E-state index contributed by atoms with van der Waals surface area (Å²) in [5.74, 6) is -0.200. The molecule has 2 unspecified atom stereocenters. The predicted molar refractivity (Wildman–Crippen MR) is 73.1 cm³/mol. The molecule has 0 saturated carbocycles. The number of hydrogen-bond acceptors (Lipinski definition) is 3. The van der Waals surface area contributed by atoms with E-state index in [0.717, 1.165) is 17.6 Å². The lowest BCUT2D eigenvalue weighted by Crippen LogP contribution is -2.46. The van der Waals surface area contributed by atoms with E-state index < -0.39 is 0 Å². The first-order valence-corrected chi connectivity index (χ1v) is 6.83. The molecule has 1 aliphatic rings. The second kappa shape index (κ2) is 6.10. The van der Waals surface area contributed by atoms with Gasteiger partial charge in [-0.3, -0.25) is 0 Å². The lowest BCUT2D eigenvalue weighted by Gasteiger charge is -2.35. The molecule has 0 aromatic heterocycles. The van der Waals surface area contributed by atoms with E-state index in [4.69, 9.17) is 4.74 Å². The average Bonchev–Trinajstić information content (AvgIpc) is 2.35. The molecule has 1 aromatic carbocycles. The normalized spacial score (nSPS) is 23.0. The molecule has 1 aliphatic heterocycles. The summed E-state index contributed by atoms with van der Waals surface area (Å²) in [7, 11) is 3.89. The average molecular weight is 317 g/mol. The fraction of sp³-hybridized carbons (Fsp3) is 0.538. The zero-order valence-corrected chi connectivity index (χ0v) is 12.2. The highest BCUT2D eigenvalue weighted by atomic mass is 79.9. The molecule has 100 valence electrons. The van der Waals surface area contributed by atoms with Crippen molar-refractivity contribution in [1.29, 1.82) is 0 Å². The van der Waals surface area contributed by atoms with Gasteiger partial charge in [0.25, 0.3) is 0 Å². The fourth-order valence-electron chi connectivity index (χ4n) is 2.31. The Morgan fingerprint density at radius 3 is 3.00 bits per heavy atom. The highest BCUT2D eigenvalue weighted by molar-refractivity contribution is 9.10. The molecule has 1 saturated heterocycles. The SMILES string of the molecule is CNC(c1cc(Br)ccc1F)C1CN(C)CCO1. The molecule has 0 bridgehead atoms. The molecule has 18 heavy (non-hydrogen) atoms. The summed E-state index contributed by atoms with van der Waals surface area (Å²) >= 11 is 3.38. The zero-order valence-electron chi connectivity index (χ0n) is 10.6. The van der Waals surface area contributed by atoms with Crippen LogP contribution in [0, 0.1) is 5.82 Å². The molecule has 1 N–H and O–H groups in total. The second-order valence-electron chi connectivity index (χ2n) is 4.60. The van der Waals surface area contributed by atoms with Crippen molar-refractivity contribution in [3.8, 4) is 0 Å². The van der Waals surface area contributed by atoms with Crippen LogP contribution in [0.3, 0.4) is 0 Å². The number of halogens is 2. The van der Waals surface area contributed by atoms with Crippen LogP contribution in [0.1, 0.15) is 11.6 Å². The molecule has 1 fully saturated rings. The Kier molecular flexibility index (Phi) is 4.72. The molecular formula is C13H18BrFN2O. The summed E-state index contributed by atoms with van der Waals surface area (Å²) < 4.78 is 20.6. The highest BCUT2D eigenvalue weighted by Gasteiger charge is 2.28. The largest absolute Gasteiger partial charge is 0.374 e. The summed E-state index contributed by atoms with van der Waals surface area (Å²) in [4.78, 5) is 2.20. The Hall–Kier alpha value is -0.490. The van der Waals surface area contributed by atoms with Gasteiger partial charge in [0.05, 0.1) is 18.8 Å². The topological polar surface area (TPSA) is 24.5 Å². The Balaban J connectivity index is 2.24. The first kappa shape index (κ1) is 13.9. The van der Waals surface area contributed by atoms with Gasteiger partial charge in [0.1, 0.15) is 5.82 Å². The van der Waals surface area contributed by atoms with Gasteiger partial charge in [-0.2, -0.15) is 0 Å². The van der Waals surface area contributed by atoms with Crippen molar-refractivity contribution in [2.24, 2.45) is 0 Å². The van der Waals surface area contributed by atoms with Crippen LogP contribution in [0.5, 0.6) is 0 Å². The van der Waals surface area contributed by atoms with Gasteiger partial charge in [0, 0.05) is 23.1 Å². The van der Waals surface area contributed by atoms with Crippen LogP contribution in [0.2, 0.25) is 0 Å². The van der Waals surface area contributed by atoms with Crippen LogP contribution in [0.25, 0.3) is 0 Å². The fourth-order valence-corrected chi connectivity index (χ4v) is 2.69. The molecule has 5 heteroatoms. The van der Waals surface area contributed by atoms with Crippen LogP contribution in [-0.2, 0) is 4.74 Å². The monoisotopic (exact) mass is 316 g/mol.